The highest BCUT2D eigenvalue weighted by Crippen LogP contribution is 2.37. The van der Waals surface area contributed by atoms with E-state index in [9.17, 15) is 21.6 Å². The quantitative estimate of drug-likeness (QED) is 0.332. The van der Waals surface area contributed by atoms with Gasteiger partial charge in [-0.3, -0.25) is 9.29 Å². The molecule has 0 saturated carbocycles. The molecule has 0 bridgehead atoms. The molecule has 0 aliphatic rings. The van der Waals surface area contributed by atoms with Crippen LogP contribution in [0.15, 0.2) is 41.9 Å². The maximum absolute atomic E-state index is 13.3. The Labute approximate surface area is 212 Å². The van der Waals surface area contributed by atoms with Crippen molar-refractivity contribution < 1.29 is 21.6 Å². The first-order chi connectivity index (χ1) is 16.3. The molecule has 190 valence electrons. The first-order valence-corrected chi connectivity index (χ1v) is 13.4. The summed E-state index contributed by atoms with van der Waals surface area (Å²) in [6.45, 7) is 3.94. The summed E-state index contributed by atoms with van der Waals surface area (Å²) in [7, 11) is -2.31. The fourth-order valence-electron chi connectivity index (χ4n) is 3.34. The van der Waals surface area contributed by atoms with E-state index in [1.807, 2.05) is 12.1 Å². The highest BCUT2D eigenvalue weighted by atomic mass is 35.5. The number of sulfonamides is 1. The Morgan fingerprint density at radius 2 is 1.83 bits per heavy atom. The number of benzene rings is 1. The second kappa shape index (κ2) is 10.8. The molecule has 0 radical (unpaired) electrons. The Kier molecular flexibility index (Phi) is 8.46. The van der Waals surface area contributed by atoms with Crippen LogP contribution >= 0.6 is 22.9 Å². The minimum atomic E-state index is -5.60. The summed E-state index contributed by atoms with van der Waals surface area (Å²) in [6, 6.07) is 7.87. The molecule has 3 rings (SSSR count). The number of alkyl halides is 3. The number of anilines is 1. The number of hydrogen-bond donors (Lipinski definition) is 0. The third-order valence-corrected chi connectivity index (χ3v) is 7.80. The Morgan fingerprint density at radius 3 is 2.43 bits per heavy atom. The molecule has 0 aliphatic heterocycles. The average molecular weight is 547 g/mol. The Hall–Kier alpha value is -2.21. The standard InChI is InChI=1S/C23H26ClF3N4O2S2/c1-15(2)11-17-12-16(7-8-28-17)22-29-21(14-34-22)19-6-5-18(13-20(19)24)31(10-9-30(3)4)35(32,33)23(25,26)27/h5-8,12-15H,9-11H2,1-4H3. The first kappa shape index (κ1) is 27.4. The van der Waals surface area contributed by atoms with Crippen molar-refractivity contribution in [2.75, 3.05) is 31.5 Å². The van der Waals surface area contributed by atoms with Crippen molar-refractivity contribution in [2.45, 2.75) is 25.8 Å². The van der Waals surface area contributed by atoms with E-state index in [0.717, 1.165) is 22.7 Å². The van der Waals surface area contributed by atoms with Gasteiger partial charge in [-0.05, 0) is 56.8 Å². The van der Waals surface area contributed by atoms with Crippen molar-refractivity contribution in [1.82, 2.24) is 14.9 Å². The van der Waals surface area contributed by atoms with E-state index in [2.05, 4.69) is 23.8 Å². The van der Waals surface area contributed by atoms with Gasteiger partial charge in [0.15, 0.2) is 0 Å². The minimum Gasteiger partial charge on any atom is -0.308 e. The number of rotatable bonds is 9. The van der Waals surface area contributed by atoms with Crippen LogP contribution in [0.1, 0.15) is 19.5 Å². The largest absolute Gasteiger partial charge is 0.516 e. The van der Waals surface area contributed by atoms with Crippen molar-refractivity contribution in [2.24, 2.45) is 5.92 Å². The molecule has 1 aromatic carbocycles. The highest BCUT2D eigenvalue weighted by molar-refractivity contribution is 7.93. The zero-order chi connectivity index (χ0) is 26.0. The molecule has 0 spiro atoms. The fourth-order valence-corrected chi connectivity index (χ4v) is 5.39. The smallest absolute Gasteiger partial charge is 0.308 e. The van der Waals surface area contributed by atoms with Gasteiger partial charge in [0.1, 0.15) is 5.01 Å². The van der Waals surface area contributed by atoms with E-state index in [0.29, 0.717) is 21.5 Å². The van der Waals surface area contributed by atoms with E-state index in [1.165, 1.54) is 29.5 Å². The average Bonchev–Trinajstić information content (AvgIpc) is 3.22. The molecule has 6 nitrogen and oxygen atoms in total. The number of aromatic nitrogens is 2. The lowest BCUT2D eigenvalue weighted by Crippen LogP contribution is -2.43. The molecule has 35 heavy (non-hydrogen) atoms. The van der Waals surface area contributed by atoms with Crippen LogP contribution in [0.3, 0.4) is 0 Å². The molecule has 0 aliphatic carbocycles. The van der Waals surface area contributed by atoms with Crippen molar-refractivity contribution >= 4 is 38.6 Å². The van der Waals surface area contributed by atoms with Crippen molar-refractivity contribution in [3.05, 3.63) is 52.6 Å². The van der Waals surface area contributed by atoms with Gasteiger partial charge in [-0.2, -0.15) is 21.6 Å². The molecular formula is C23H26ClF3N4O2S2. The van der Waals surface area contributed by atoms with Gasteiger partial charge < -0.3 is 4.90 Å². The molecule has 0 N–H and O–H groups in total. The minimum absolute atomic E-state index is 0.0921. The summed E-state index contributed by atoms with van der Waals surface area (Å²) in [6.07, 6.45) is 2.57. The number of hydrogen-bond acceptors (Lipinski definition) is 6. The summed E-state index contributed by atoms with van der Waals surface area (Å²) in [5.74, 6) is 0.459. The highest BCUT2D eigenvalue weighted by Gasteiger charge is 2.50. The van der Waals surface area contributed by atoms with Crippen LogP contribution in [-0.4, -0.2) is 56.0 Å². The fraction of sp³-hybridized carbons (Fsp3) is 0.391. The van der Waals surface area contributed by atoms with Crippen molar-refractivity contribution in [1.29, 1.82) is 0 Å². The SMILES string of the molecule is CC(C)Cc1cc(-c2nc(-c3ccc(N(CCN(C)C)S(=O)(=O)C(F)(F)F)cc3Cl)cs2)ccn1. The zero-order valence-corrected chi connectivity index (χ0v) is 22.1. The second-order valence-corrected chi connectivity index (χ2v) is 11.8. The van der Waals surface area contributed by atoms with Crippen LogP contribution in [0.5, 0.6) is 0 Å². The van der Waals surface area contributed by atoms with E-state index in [1.54, 1.807) is 30.6 Å². The van der Waals surface area contributed by atoms with Gasteiger partial charge in [0.25, 0.3) is 0 Å². The zero-order valence-electron chi connectivity index (χ0n) is 19.7. The maximum Gasteiger partial charge on any atom is 0.516 e. The van der Waals surface area contributed by atoms with Crippen LogP contribution in [0, 0.1) is 5.92 Å². The Bertz CT molecular complexity index is 1280. The lowest BCUT2D eigenvalue weighted by Gasteiger charge is -2.27. The second-order valence-electron chi connectivity index (χ2n) is 8.66. The number of likely N-dealkylation sites (N-methyl/N-ethyl adjacent to an activating group) is 1. The molecule has 12 heteroatoms. The van der Waals surface area contributed by atoms with Gasteiger partial charge in [-0.15, -0.1) is 11.3 Å². The summed E-state index contributed by atoms with van der Waals surface area (Å²) >= 11 is 7.82. The summed E-state index contributed by atoms with van der Waals surface area (Å²) in [5.41, 5.74) is -2.70. The molecule has 3 aromatic rings. The van der Waals surface area contributed by atoms with Crippen LogP contribution in [0.4, 0.5) is 18.9 Å². The van der Waals surface area contributed by atoms with Crippen LogP contribution < -0.4 is 4.31 Å². The maximum atomic E-state index is 13.3. The number of halogens is 4. The van der Waals surface area contributed by atoms with E-state index >= 15 is 0 Å². The molecule has 0 fully saturated rings. The van der Waals surface area contributed by atoms with Crippen LogP contribution in [-0.2, 0) is 16.4 Å². The Morgan fingerprint density at radius 1 is 1.11 bits per heavy atom. The molecule has 0 amide bonds. The molecule has 2 aromatic heterocycles. The molecule has 0 unspecified atom stereocenters. The summed E-state index contributed by atoms with van der Waals surface area (Å²) in [4.78, 5) is 10.6. The predicted molar refractivity (Wildman–Crippen MR) is 135 cm³/mol. The van der Waals surface area contributed by atoms with Crippen molar-refractivity contribution in [3.8, 4) is 21.8 Å². The summed E-state index contributed by atoms with van der Waals surface area (Å²) in [5, 5.41) is 2.65. The third-order valence-electron chi connectivity index (χ3n) is 5.03. The van der Waals surface area contributed by atoms with Gasteiger partial charge >= 0.3 is 15.5 Å². The normalized spacial score (nSPS) is 12.5. The third kappa shape index (κ3) is 6.52. The van der Waals surface area contributed by atoms with Crippen LogP contribution in [0.2, 0.25) is 5.02 Å². The number of nitrogens with zero attached hydrogens (tertiary/aromatic N) is 4. The van der Waals surface area contributed by atoms with Gasteiger partial charge in [0, 0.05) is 41.5 Å². The molecule has 2 heterocycles. The van der Waals surface area contributed by atoms with Gasteiger partial charge in [0.2, 0.25) is 0 Å². The molecular weight excluding hydrogens is 521 g/mol. The van der Waals surface area contributed by atoms with E-state index < -0.39 is 15.5 Å². The lowest BCUT2D eigenvalue weighted by molar-refractivity contribution is -0.0438. The molecule has 0 saturated heterocycles. The number of pyridine rings is 1. The monoisotopic (exact) mass is 546 g/mol. The van der Waals surface area contributed by atoms with Gasteiger partial charge in [-0.25, -0.2) is 4.98 Å². The lowest BCUT2D eigenvalue weighted by atomic mass is 10.1. The Balaban J connectivity index is 1.93. The van der Waals surface area contributed by atoms with Crippen LogP contribution in [0.25, 0.3) is 21.8 Å². The van der Waals surface area contributed by atoms with Gasteiger partial charge in [0.05, 0.1) is 16.4 Å². The predicted octanol–water partition coefficient (Wildman–Crippen LogP) is 5.94. The van der Waals surface area contributed by atoms with E-state index in [-0.39, 0.29) is 23.8 Å². The first-order valence-electron chi connectivity index (χ1n) is 10.7. The van der Waals surface area contributed by atoms with E-state index in [4.69, 9.17) is 11.6 Å². The molecule has 0 atom stereocenters. The topological polar surface area (TPSA) is 66.4 Å². The number of thiazole rings is 1. The van der Waals surface area contributed by atoms with Crippen molar-refractivity contribution in [3.63, 3.8) is 0 Å². The van der Waals surface area contributed by atoms with Gasteiger partial charge in [-0.1, -0.05) is 25.4 Å². The summed E-state index contributed by atoms with van der Waals surface area (Å²) < 4.78 is 64.7.